The third-order valence-corrected chi connectivity index (χ3v) is 6.12. The van der Waals surface area contributed by atoms with Crippen LogP contribution in [0, 0.1) is 25.5 Å². The zero-order valence-electron chi connectivity index (χ0n) is 17.6. The minimum Gasteiger partial charge on any atom is -0.438 e. The van der Waals surface area contributed by atoms with E-state index in [4.69, 9.17) is 4.42 Å². The molecule has 1 aromatic heterocycles. The normalized spacial score (nSPS) is 21.4. The van der Waals surface area contributed by atoms with Gasteiger partial charge >= 0.3 is 6.03 Å². The number of hydrogen-bond donors (Lipinski definition) is 3. The van der Waals surface area contributed by atoms with Crippen LogP contribution < -0.4 is 16.0 Å². The highest BCUT2D eigenvalue weighted by atomic mass is 19.1. The Labute approximate surface area is 182 Å². The maximum atomic E-state index is 14.5. The van der Waals surface area contributed by atoms with Gasteiger partial charge in [-0.1, -0.05) is 6.07 Å². The molecule has 0 bridgehead atoms. The van der Waals surface area contributed by atoms with Crippen LogP contribution in [0.15, 0.2) is 34.7 Å². The number of fused-ring (bicyclic) bond motifs is 1. The second-order valence-corrected chi connectivity index (χ2v) is 8.64. The van der Waals surface area contributed by atoms with Gasteiger partial charge in [-0.25, -0.2) is 18.6 Å². The van der Waals surface area contributed by atoms with Gasteiger partial charge in [0.05, 0.1) is 0 Å². The number of benzene rings is 2. The molecule has 0 spiro atoms. The van der Waals surface area contributed by atoms with Crippen LogP contribution in [-0.2, 0) is 10.3 Å². The molecule has 2 aliphatic rings. The van der Waals surface area contributed by atoms with Gasteiger partial charge in [-0.3, -0.25) is 4.79 Å². The third kappa shape index (κ3) is 3.47. The van der Waals surface area contributed by atoms with Crippen molar-refractivity contribution < 1.29 is 22.8 Å². The number of aryl methyl sites for hydroxylation is 2. The van der Waals surface area contributed by atoms with Gasteiger partial charge in [0, 0.05) is 18.0 Å². The van der Waals surface area contributed by atoms with E-state index in [-0.39, 0.29) is 12.1 Å². The van der Waals surface area contributed by atoms with Crippen molar-refractivity contribution in [2.24, 2.45) is 0 Å². The second kappa shape index (κ2) is 7.29. The highest BCUT2D eigenvalue weighted by molar-refractivity contribution is 5.90. The van der Waals surface area contributed by atoms with Gasteiger partial charge in [0.2, 0.25) is 11.8 Å². The molecule has 1 saturated heterocycles. The van der Waals surface area contributed by atoms with Crippen LogP contribution >= 0.6 is 0 Å². The number of hydrogen-bond acceptors (Lipinski definition) is 4. The number of nitrogens with one attached hydrogen (secondary N) is 3. The van der Waals surface area contributed by atoms with E-state index in [9.17, 15) is 18.4 Å². The van der Waals surface area contributed by atoms with Crippen molar-refractivity contribution >= 4 is 23.0 Å². The fourth-order valence-corrected chi connectivity index (χ4v) is 4.27. The first-order valence-electron chi connectivity index (χ1n) is 10.5. The van der Waals surface area contributed by atoms with Gasteiger partial charge in [-0.15, -0.1) is 0 Å². The van der Waals surface area contributed by atoms with Crippen molar-refractivity contribution in [2.75, 3.05) is 6.54 Å². The molecule has 5 rings (SSSR count). The number of urea groups is 1. The lowest BCUT2D eigenvalue weighted by atomic mass is 9.92. The van der Waals surface area contributed by atoms with Gasteiger partial charge in [0.25, 0.3) is 0 Å². The number of aromatic nitrogens is 1. The molecular weight excluding hydrogens is 418 g/mol. The second-order valence-electron chi connectivity index (χ2n) is 8.64. The summed E-state index contributed by atoms with van der Waals surface area (Å²) in [4.78, 5) is 29.6. The number of carbonyl (C=O) groups is 2. The molecule has 2 fully saturated rings. The molecule has 166 valence electrons. The molecule has 0 radical (unpaired) electrons. The molecule has 2 aromatic carbocycles. The maximum Gasteiger partial charge on any atom is 0.316 e. The van der Waals surface area contributed by atoms with Crippen LogP contribution in [0.1, 0.15) is 41.3 Å². The minimum atomic E-state index is -1.11. The SMILES string of the molecule is Cc1cc(F)c([C@@H]2CNC(=O)[C@H]2NC(=O)NC2(c3nc4ccc(C)cc4o3)CC2)c(F)c1. The summed E-state index contributed by atoms with van der Waals surface area (Å²) in [5.41, 5.74) is 1.82. The van der Waals surface area contributed by atoms with Gasteiger partial charge in [0.1, 0.15) is 28.7 Å². The molecule has 1 aliphatic heterocycles. The monoisotopic (exact) mass is 440 g/mol. The summed E-state index contributed by atoms with van der Waals surface area (Å²) in [6.07, 6.45) is 1.27. The number of nitrogens with zero attached hydrogens (tertiary/aromatic N) is 1. The molecule has 7 nitrogen and oxygen atoms in total. The van der Waals surface area contributed by atoms with E-state index in [1.54, 1.807) is 6.92 Å². The fourth-order valence-electron chi connectivity index (χ4n) is 4.27. The summed E-state index contributed by atoms with van der Waals surface area (Å²) in [5, 5.41) is 8.01. The summed E-state index contributed by atoms with van der Waals surface area (Å²) in [6.45, 7) is 3.55. The Kier molecular flexibility index (Phi) is 4.65. The van der Waals surface area contributed by atoms with Crippen LogP contribution in [-0.4, -0.2) is 29.5 Å². The van der Waals surface area contributed by atoms with Crippen molar-refractivity contribution in [1.29, 1.82) is 0 Å². The molecular formula is C23H22F2N4O3. The van der Waals surface area contributed by atoms with E-state index >= 15 is 0 Å². The van der Waals surface area contributed by atoms with Gasteiger partial charge < -0.3 is 20.4 Å². The molecule has 32 heavy (non-hydrogen) atoms. The largest absolute Gasteiger partial charge is 0.438 e. The maximum absolute atomic E-state index is 14.5. The quantitative estimate of drug-likeness (QED) is 0.580. The van der Waals surface area contributed by atoms with E-state index in [0.29, 0.717) is 35.4 Å². The summed E-state index contributed by atoms with van der Waals surface area (Å²) in [6, 6.07) is 6.35. The minimum absolute atomic E-state index is 0.0241. The molecule has 2 heterocycles. The number of halogens is 2. The van der Waals surface area contributed by atoms with E-state index < -0.39 is 41.1 Å². The molecule has 3 N–H and O–H groups in total. The first-order valence-corrected chi connectivity index (χ1v) is 10.5. The fraction of sp³-hybridized carbons (Fsp3) is 0.348. The highest BCUT2D eigenvalue weighted by Gasteiger charge is 2.51. The lowest BCUT2D eigenvalue weighted by Gasteiger charge is -2.22. The van der Waals surface area contributed by atoms with Gasteiger partial charge in [0.15, 0.2) is 5.58 Å². The van der Waals surface area contributed by atoms with Crippen LogP contribution in [0.5, 0.6) is 0 Å². The smallest absolute Gasteiger partial charge is 0.316 e. The molecule has 0 unspecified atom stereocenters. The zero-order valence-corrected chi connectivity index (χ0v) is 17.6. The Balaban J connectivity index is 1.35. The molecule has 3 aromatic rings. The number of carbonyl (C=O) groups excluding carboxylic acids is 2. The molecule has 9 heteroatoms. The van der Waals surface area contributed by atoms with Crippen LogP contribution in [0.4, 0.5) is 13.6 Å². The predicted octanol–water partition coefficient (Wildman–Crippen LogP) is 3.29. The van der Waals surface area contributed by atoms with Crippen LogP contribution in [0.2, 0.25) is 0 Å². The Hall–Kier alpha value is -3.49. The Morgan fingerprint density at radius 1 is 1.16 bits per heavy atom. The average Bonchev–Trinajstić information content (AvgIpc) is 3.23. The van der Waals surface area contributed by atoms with E-state index in [0.717, 1.165) is 5.56 Å². The Morgan fingerprint density at radius 3 is 2.56 bits per heavy atom. The van der Waals surface area contributed by atoms with Crippen molar-refractivity contribution in [3.8, 4) is 0 Å². The summed E-state index contributed by atoms with van der Waals surface area (Å²) >= 11 is 0. The van der Waals surface area contributed by atoms with E-state index in [1.165, 1.54) is 12.1 Å². The van der Waals surface area contributed by atoms with E-state index in [2.05, 4.69) is 20.9 Å². The standard InChI is InChI=1S/C23H22F2N4O3/c1-11-3-4-16-17(9-11)32-21(27-16)23(5-6-23)29-22(31)28-19-13(10-26-20(19)30)18-14(24)7-12(2)8-15(18)25/h3-4,7-9,13,19H,5-6,10H2,1-2H3,(H,26,30)(H2,28,29,31)/t13-,19-/m0/s1. The van der Waals surface area contributed by atoms with Crippen molar-refractivity contribution in [2.45, 2.75) is 44.2 Å². The van der Waals surface area contributed by atoms with Crippen LogP contribution in [0.3, 0.4) is 0 Å². The van der Waals surface area contributed by atoms with Gasteiger partial charge in [-0.2, -0.15) is 0 Å². The molecule has 2 atom stereocenters. The van der Waals surface area contributed by atoms with Crippen molar-refractivity contribution in [1.82, 2.24) is 20.9 Å². The zero-order chi connectivity index (χ0) is 22.6. The first kappa shape index (κ1) is 20.4. The summed E-state index contributed by atoms with van der Waals surface area (Å²) < 4.78 is 34.9. The lowest BCUT2D eigenvalue weighted by Crippen LogP contribution is -2.50. The summed E-state index contributed by atoms with van der Waals surface area (Å²) in [5.74, 6) is -2.44. The summed E-state index contributed by atoms with van der Waals surface area (Å²) in [7, 11) is 0. The molecule has 3 amide bonds. The van der Waals surface area contributed by atoms with Gasteiger partial charge in [-0.05, 0) is 62.1 Å². The first-order chi connectivity index (χ1) is 15.3. The number of amides is 3. The Bertz CT molecular complexity index is 1230. The highest BCUT2D eigenvalue weighted by Crippen LogP contribution is 2.46. The molecule has 1 aliphatic carbocycles. The predicted molar refractivity (Wildman–Crippen MR) is 112 cm³/mol. The number of rotatable bonds is 4. The lowest BCUT2D eigenvalue weighted by molar-refractivity contribution is -0.120. The molecule has 1 saturated carbocycles. The van der Waals surface area contributed by atoms with E-state index in [1.807, 2.05) is 25.1 Å². The topological polar surface area (TPSA) is 96.3 Å². The van der Waals surface area contributed by atoms with Crippen LogP contribution in [0.25, 0.3) is 11.1 Å². The average molecular weight is 440 g/mol. The number of oxazole rings is 1. The Morgan fingerprint density at radius 2 is 1.88 bits per heavy atom. The van der Waals surface area contributed by atoms with Crippen molar-refractivity contribution in [3.63, 3.8) is 0 Å². The van der Waals surface area contributed by atoms with Crippen molar-refractivity contribution in [3.05, 3.63) is 64.5 Å². The third-order valence-electron chi connectivity index (χ3n) is 6.12.